The summed E-state index contributed by atoms with van der Waals surface area (Å²) in [5.41, 5.74) is 1.70. The molecule has 0 aromatic heterocycles. The van der Waals surface area contributed by atoms with Crippen LogP contribution in [0.2, 0.25) is 0 Å². The molecule has 0 unspecified atom stereocenters. The summed E-state index contributed by atoms with van der Waals surface area (Å²) in [6, 6.07) is 14.7. The molecule has 0 heterocycles. The molecule has 2 rings (SSSR count). The van der Waals surface area contributed by atoms with Gasteiger partial charge in [-0.25, -0.2) is 0 Å². The van der Waals surface area contributed by atoms with Gasteiger partial charge in [-0.3, -0.25) is 9.59 Å². The lowest BCUT2D eigenvalue weighted by atomic mass is 10.2. The van der Waals surface area contributed by atoms with Crippen LogP contribution in [-0.4, -0.2) is 38.6 Å². The van der Waals surface area contributed by atoms with Crippen LogP contribution in [-0.2, 0) is 4.79 Å². The Morgan fingerprint density at radius 3 is 2.44 bits per heavy atom. The van der Waals surface area contributed by atoms with E-state index < -0.39 is 0 Å². The molecule has 0 spiro atoms. The van der Waals surface area contributed by atoms with Crippen molar-refractivity contribution < 1.29 is 19.1 Å². The fourth-order valence-electron chi connectivity index (χ4n) is 2.39. The van der Waals surface area contributed by atoms with Crippen molar-refractivity contribution in [3.8, 4) is 11.5 Å². The molecular formula is C21H26N2O4. The van der Waals surface area contributed by atoms with Crippen LogP contribution in [0.25, 0.3) is 0 Å². The molecule has 27 heavy (non-hydrogen) atoms. The molecule has 144 valence electrons. The van der Waals surface area contributed by atoms with E-state index >= 15 is 0 Å². The average Bonchev–Trinajstić information content (AvgIpc) is 2.69. The lowest BCUT2D eigenvalue weighted by Gasteiger charge is -2.09. The Balaban J connectivity index is 1.56. The highest BCUT2D eigenvalue weighted by molar-refractivity contribution is 5.94. The van der Waals surface area contributed by atoms with Crippen molar-refractivity contribution in [2.75, 3.05) is 26.8 Å². The minimum atomic E-state index is -0.199. The van der Waals surface area contributed by atoms with Gasteiger partial charge >= 0.3 is 0 Å². The van der Waals surface area contributed by atoms with Gasteiger partial charge < -0.3 is 20.1 Å². The topological polar surface area (TPSA) is 76.7 Å². The van der Waals surface area contributed by atoms with Crippen molar-refractivity contribution in [3.63, 3.8) is 0 Å². The summed E-state index contributed by atoms with van der Waals surface area (Å²) in [5, 5.41) is 5.55. The number of carbonyl (C=O) groups excluding carboxylic acids is 2. The number of amides is 2. The number of rotatable bonds is 10. The van der Waals surface area contributed by atoms with Crippen molar-refractivity contribution in [1.29, 1.82) is 0 Å². The Labute approximate surface area is 159 Å². The predicted octanol–water partition coefficient (Wildman–Crippen LogP) is 2.71. The summed E-state index contributed by atoms with van der Waals surface area (Å²) < 4.78 is 10.7. The molecular weight excluding hydrogens is 344 g/mol. The van der Waals surface area contributed by atoms with E-state index in [-0.39, 0.29) is 11.8 Å². The van der Waals surface area contributed by atoms with Gasteiger partial charge in [0.2, 0.25) is 5.91 Å². The first-order chi connectivity index (χ1) is 13.1. The summed E-state index contributed by atoms with van der Waals surface area (Å²) in [7, 11) is 1.55. The molecule has 0 aliphatic heterocycles. The van der Waals surface area contributed by atoms with Crippen LogP contribution in [0.5, 0.6) is 11.5 Å². The van der Waals surface area contributed by atoms with Gasteiger partial charge in [-0.1, -0.05) is 23.8 Å². The van der Waals surface area contributed by atoms with E-state index in [0.717, 1.165) is 5.75 Å². The molecule has 0 aliphatic carbocycles. The van der Waals surface area contributed by atoms with Gasteiger partial charge in [0, 0.05) is 25.1 Å². The molecule has 0 fully saturated rings. The minimum Gasteiger partial charge on any atom is -0.497 e. The maximum absolute atomic E-state index is 12.0. The molecule has 0 atom stereocenters. The fraction of sp³-hybridized carbons (Fsp3) is 0.333. The molecule has 2 N–H and O–H groups in total. The second kappa shape index (κ2) is 10.9. The predicted molar refractivity (Wildman–Crippen MR) is 104 cm³/mol. The summed E-state index contributed by atoms with van der Waals surface area (Å²) in [6.07, 6.45) is 1.02. The van der Waals surface area contributed by atoms with Crippen LogP contribution in [0, 0.1) is 6.92 Å². The van der Waals surface area contributed by atoms with E-state index in [4.69, 9.17) is 9.47 Å². The minimum absolute atomic E-state index is 0.0573. The van der Waals surface area contributed by atoms with Crippen LogP contribution in [0.3, 0.4) is 0 Å². The highest BCUT2D eigenvalue weighted by Crippen LogP contribution is 2.12. The van der Waals surface area contributed by atoms with Crippen molar-refractivity contribution in [2.24, 2.45) is 0 Å². The zero-order valence-corrected chi connectivity index (χ0v) is 15.8. The lowest BCUT2D eigenvalue weighted by Crippen LogP contribution is -2.34. The Kier molecular flexibility index (Phi) is 8.16. The number of hydrogen-bond acceptors (Lipinski definition) is 4. The first-order valence-electron chi connectivity index (χ1n) is 8.97. The molecule has 0 aliphatic rings. The quantitative estimate of drug-likeness (QED) is 0.631. The molecule has 6 nitrogen and oxygen atoms in total. The van der Waals surface area contributed by atoms with Gasteiger partial charge in [0.1, 0.15) is 11.5 Å². The van der Waals surface area contributed by atoms with Crippen molar-refractivity contribution in [1.82, 2.24) is 10.6 Å². The summed E-state index contributed by atoms with van der Waals surface area (Å²) >= 11 is 0. The van der Waals surface area contributed by atoms with Gasteiger partial charge in [-0.2, -0.15) is 0 Å². The molecule has 0 bridgehead atoms. The number of carbonyl (C=O) groups is 2. The largest absolute Gasteiger partial charge is 0.497 e. The second-order valence-corrected chi connectivity index (χ2v) is 6.10. The average molecular weight is 370 g/mol. The first kappa shape index (κ1) is 20.3. The van der Waals surface area contributed by atoms with E-state index in [9.17, 15) is 9.59 Å². The Hall–Kier alpha value is -3.02. The third kappa shape index (κ3) is 7.40. The SMILES string of the molecule is COc1cccc(C(=O)NCCNC(=O)CCCOc2ccc(C)cc2)c1. The third-order valence-corrected chi connectivity index (χ3v) is 3.90. The van der Waals surface area contributed by atoms with E-state index in [2.05, 4.69) is 10.6 Å². The van der Waals surface area contributed by atoms with E-state index in [1.54, 1.807) is 31.4 Å². The van der Waals surface area contributed by atoms with Crippen LogP contribution >= 0.6 is 0 Å². The number of ether oxygens (including phenoxy) is 2. The molecule has 2 aromatic rings. The standard InChI is InChI=1S/C21H26N2O4/c1-16-8-10-18(11-9-16)27-14-4-7-20(24)22-12-13-23-21(25)17-5-3-6-19(15-17)26-2/h3,5-6,8-11,15H,4,7,12-14H2,1-2H3,(H,22,24)(H,23,25). The van der Waals surface area contributed by atoms with Gasteiger partial charge in [0.15, 0.2) is 0 Å². The molecule has 0 saturated heterocycles. The van der Waals surface area contributed by atoms with Crippen molar-refractivity contribution in [3.05, 3.63) is 59.7 Å². The zero-order chi connectivity index (χ0) is 19.5. The van der Waals surface area contributed by atoms with Gasteiger partial charge in [-0.15, -0.1) is 0 Å². The van der Waals surface area contributed by atoms with E-state index in [1.165, 1.54) is 5.56 Å². The van der Waals surface area contributed by atoms with Gasteiger partial charge in [0.25, 0.3) is 5.91 Å². The van der Waals surface area contributed by atoms with E-state index in [0.29, 0.717) is 43.9 Å². The molecule has 2 amide bonds. The summed E-state index contributed by atoms with van der Waals surface area (Å²) in [5.74, 6) is 1.18. The molecule has 6 heteroatoms. The summed E-state index contributed by atoms with van der Waals surface area (Å²) in [6.45, 7) is 3.26. The summed E-state index contributed by atoms with van der Waals surface area (Å²) in [4.78, 5) is 23.8. The number of benzene rings is 2. The molecule has 0 radical (unpaired) electrons. The zero-order valence-electron chi connectivity index (χ0n) is 15.8. The van der Waals surface area contributed by atoms with Crippen LogP contribution < -0.4 is 20.1 Å². The Morgan fingerprint density at radius 2 is 1.70 bits per heavy atom. The number of nitrogens with one attached hydrogen (secondary N) is 2. The maximum Gasteiger partial charge on any atom is 0.251 e. The molecule has 2 aromatic carbocycles. The lowest BCUT2D eigenvalue weighted by molar-refractivity contribution is -0.121. The maximum atomic E-state index is 12.0. The second-order valence-electron chi connectivity index (χ2n) is 6.10. The monoisotopic (exact) mass is 370 g/mol. The number of aryl methyl sites for hydroxylation is 1. The fourth-order valence-corrected chi connectivity index (χ4v) is 2.39. The van der Waals surface area contributed by atoms with Gasteiger partial charge in [0.05, 0.1) is 13.7 Å². The highest BCUT2D eigenvalue weighted by atomic mass is 16.5. The van der Waals surface area contributed by atoms with Crippen molar-refractivity contribution in [2.45, 2.75) is 19.8 Å². The van der Waals surface area contributed by atoms with Crippen LogP contribution in [0.15, 0.2) is 48.5 Å². The Bertz CT molecular complexity index is 744. The Morgan fingerprint density at radius 1 is 0.963 bits per heavy atom. The van der Waals surface area contributed by atoms with E-state index in [1.807, 2.05) is 31.2 Å². The number of hydrogen-bond donors (Lipinski definition) is 2. The molecule has 0 saturated carbocycles. The third-order valence-electron chi connectivity index (χ3n) is 3.90. The number of methoxy groups -OCH3 is 1. The van der Waals surface area contributed by atoms with Crippen molar-refractivity contribution >= 4 is 11.8 Å². The highest BCUT2D eigenvalue weighted by Gasteiger charge is 2.06. The van der Waals surface area contributed by atoms with Crippen LogP contribution in [0.4, 0.5) is 0 Å². The first-order valence-corrected chi connectivity index (χ1v) is 8.97. The van der Waals surface area contributed by atoms with Gasteiger partial charge in [-0.05, 0) is 43.7 Å². The van der Waals surface area contributed by atoms with Crippen LogP contribution in [0.1, 0.15) is 28.8 Å². The smallest absolute Gasteiger partial charge is 0.251 e. The normalized spacial score (nSPS) is 10.1.